The van der Waals surface area contributed by atoms with E-state index in [2.05, 4.69) is 71.0 Å². The number of hydrogen-bond acceptors (Lipinski definition) is 3. The van der Waals surface area contributed by atoms with Gasteiger partial charge in [0.1, 0.15) is 0 Å². The minimum atomic E-state index is -0.0315. The molecule has 0 aliphatic carbocycles. The van der Waals surface area contributed by atoms with Crippen molar-refractivity contribution in [3.63, 3.8) is 0 Å². The number of hydrogen-bond donors (Lipinski definition) is 0. The molecule has 1 fully saturated rings. The molecule has 4 rings (SSSR count). The van der Waals surface area contributed by atoms with Gasteiger partial charge in [-0.2, -0.15) is 0 Å². The molecular formula is C24H28N2O2. The maximum atomic E-state index is 12.0. The molecule has 4 nitrogen and oxygen atoms in total. The van der Waals surface area contributed by atoms with Crippen molar-refractivity contribution in [1.29, 1.82) is 0 Å². The Labute approximate surface area is 166 Å². The molecular weight excluding hydrogens is 348 g/mol. The Balaban J connectivity index is 1.58. The summed E-state index contributed by atoms with van der Waals surface area (Å²) in [6.45, 7) is 7.22. The van der Waals surface area contributed by atoms with E-state index in [1.165, 1.54) is 27.8 Å². The molecule has 4 heteroatoms. The quantitative estimate of drug-likeness (QED) is 0.605. The van der Waals surface area contributed by atoms with E-state index < -0.39 is 0 Å². The van der Waals surface area contributed by atoms with E-state index in [0.717, 1.165) is 32.5 Å². The highest BCUT2D eigenvalue weighted by Crippen LogP contribution is 2.27. The van der Waals surface area contributed by atoms with Gasteiger partial charge in [-0.15, -0.1) is 0 Å². The van der Waals surface area contributed by atoms with E-state index in [0.29, 0.717) is 6.61 Å². The van der Waals surface area contributed by atoms with Crippen LogP contribution < -0.4 is 0 Å². The summed E-state index contributed by atoms with van der Waals surface area (Å²) < 4.78 is 7.58. The van der Waals surface area contributed by atoms with Crippen molar-refractivity contribution < 1.29 is 9.53 Å². The van der Waals surface area contributed by atoms with Crippen LogP contribution in [0.1, 0.15) is 31.0 Å². The fourth-order valence-corrected chi connectivity index (χ4v) is 4.22. The first-order valence-electron chi connectivity index (χ1n) is 10.2. The van der Waals surface area contributed by atoms with Gasteiger partial charge in [-0.05, 0) is 69.6 Å². The van der Waals surface area contributed by atoms with Gasteiger partial charge in [0.2, 0.25) is 0 Å². The predicted molar refractivity (Wildman–Crippen MR) is 113 cm³/mol. The normalized spacial score (nSPS) is 15.8. The molecule has 0 atom stereocenters. The van der Waals surface area contributed by atoms with E-state index >= 15 is 0 Å². The Bertz CT molecular complexity index is 968. The highest BCUT2D eigenvalue weighted by Gasteiger charge is 2.26. The molecule has 0 spiro atoms. The minimum absolute atomic E-state index is 0.0315. The second kappa shape index (κ2) is 8.19. The van der Waals surface area contributed by atoms with Crippen molar-refractivity contribution in [2.24, 2.45) is 5.92 Å². The molecule has 0 saturated carbocycles. The lowest BCUT2D eigenvalue weighted by Crippen LogP contribution is -2.36. The fourth-order valence-electron chi connectivity index (χ4n) is 4.22. The standard InChI is InChI=1S/C24H28N2O2/c1-3-28-24(27)19-11-13-25(14-12-19)17-22-16-20-8-4-5-10-23(20)26(22)21-9-6-7-18(2)15-21/h4-10,15-16,19H,3,11-14,17H2,1-2H3. The molecule has 1 aromatic heterocycles. The van der Waals surface area contributed by atoms with Crippen LogP contribution in [-0.2, 0) is 16.1 Å². The summed E-state index contributed by atoms with van der Waals surface area (Å²) in [5, 5.41) is 1.26. The van der Waals surface area contributed by atoms with Crippen molar-refractivity contribution in [2.75, 3.05) is 19.7 Å². The molecule has 3 aromatic rings. The molecule has 2 heterocycles. The third-order valence-electron chi connectivity index (χ3n) is 5.64. The summed E-state index contributed by atoms with van der Waals surface area (Å²) in [6.07, 6.45) is 1.76. The molecule has 2 aromatic carbocycles. The molecule has 1 aliphatic heterocycles. The van der Waals surface area contributed by atoms with Crippen LogP contribution in [0.3, 0.4) is 0 Å². The van der Waals surface area contributed by atoms with Crippen LogP contribution in [0.2, 0.25) is 0 Å². The third kappa shape index (κ3) is 3.83. The van der Waals surface area contributed by atoms with Gasteiger partial charge in [0.15, 0.2) is 0 Å². The topological polar surface area (TPSA) is 34.5 Å². The lowest BCUT2D eigenvalue weighted by molar-refractivity contribution is -0.149. The summed E-state index contributed by atoms with van der Waals surface area (Å²) in [4.78, 5) is 14.5. The van der Waals surface area contributed by atoms with E-state index in [-0.39, 0.29) is 11.9 Å². The smallest absolute Gasteiger partial charge is 0.309 e. The molecule has 146 valence electrons. The minimum Gasteiger partial charge on any atom is -0.466 e. The molecule has 0 bridgehead atoms. The van der Waals surface area contributed by atoms with Gasteiger partial charge in [0.05, 0.1) is 18.0 Å². The average molecular weight is 377 g/mol. The monoisotopic (exact) mass is 376 g/mol. The summed E-state index contributed by atoms with van der Waals surface area (Å²) in [6, 6.07) is 19.5. The number of fused-ring (bicyclic) bond motifs is 1. The number of ether oxygens (including phenoxy) is 1. The lowest BCUT2D eigenvalue weighted by atomic mass is 9.97. The van der Waals surface area contributed by atoms with Crippen LogP contribution in [0.25, 0.3) is 16.6 Å². The Morgan fingerprint density at radius 1 is 1.07 bits per heavy atom. The molecule has 0 amide bonds. The van der Waals surface area contributed by atoms with Crippen molar-refractivity contribution in [3.05, 3.63) is 65.9 Å². The van der Waals surface area contributed by atoms with Gasteiger partial charge < -0.3 is 9.30 Å². The molecule has 1 aliphatic rings. The van der Waals surface area contributed by atoms with Gasteiger partial charge in [-0.25, -0.2) is 0 Å². The number of nitrogens with zero attached hydrogens (tertiary/aromatic N) is 2. The number of benzene rings is 2. The number of aryl methyl sites for hydroxylation is 1. The van der Waals surface area contributed by atoms with Gasteiger partial charge in [-0.1, -0.05) is 30.3 Å². The van der Waals surface area contributed by atoms with Gasteiger partial charge in [0, 0.05) is 23.3 Å². The van der Waals surface area contributed by atoms with E-state index in [9.17, 15) is 4.79 Å². The summed E-state index contributed by atoms with van der Waals surface area (Å²) in [7, 11) is 0. The maximum absolute atomic E-state index is 12.0. The molecule has 0 unspecified atom stereocenters. The predicted octanol–water partition coefficient (Wildman–Crippen LogP) is 4.71. The van der Waals surface area contributed by atoms with Crippen LogP contribution in [0, 0.1) is 12.8 Å². The van der Waals surface area contributed by atoms with Gasteiger partial charge >= 0.3 is 5.97 Å². The number of likely N-dealkylation sites (tertiary alicyclic amines) is 1. The van der Waals surface area contributed by atoms with Crippen molar-refractivity contribution in [1.82, 2.24) is 9.47 Å². The van der Waals surface area contributed by atoms with E-state index in [1.807, 2.05) is 6.92 Å². The highest BCUT2D eigenvalue weighted by molar-refractivity contribution is 5.83. The molecule has 0 radical (unpaired) electrons. The average Bonchev–Trinajstić information content (AvgIpc) is 3.06. The number of rotatable bonds is 5. The number of carbonyl (C=O) groups is 1. The van der Waals surface area contributed by atoms with E-state index in [4.69, 9.17) is 4.74 Å². The Hall–Kier alpha value is -2.59. The van der Waals surface area contributed by atoms with Crippen molar-refractivity contribution >= 4 is 16.9 Å². The summed E-state index contributed by atoms with van der Waals surface area (Å²) in [5.74, 6) is 0.0230. The first-order valence-corrected chi connectivity index (χ1v) is 10.2. The lowest BCUT2D eigenvalue weighted by Gasteiger charge is -2.31. The number of piperidine rings is 1. The molecule has 1 saturated heterocycles. The van der Waals surface area contributed by atoms with Crippen LogP contribution >= 0.6 is 0 Å². The molecule has 28 heavy (non-hydrogen) atoms. The van der Waals surface area contributed by atoms with Crippen LogP contribution in [0.15, 0.2) is 54.6 Å². The second-order valence-electron chi connectivity index (χ2n) is 7.67. The van der Waals surface area contributed by atoms with Crippen LogP contribution in [0.4, 0.5) is 0 Å². The molecule has 0 N–H and O–H groups in total. The van der Waals surface area contributed by atoms with Crippen molar-refractivity contribution in [2.45, 2.75) is 33.2 Å². The second-order valence-corrected chi connectivity index (χ2v) is 7.67. The first-order chi connectivity index (χ1) is 13.7. The SMILES string of the molecule is CCOC(=O)C1CCN(Cc2cc3ccccc3n2-c2cccc(C)c2)CC1. The third-order valence-corrected chi connectivity index (χ3v) is 5.64. The van der Waals surface area contributed by atoms with Crippen molar-refractivity contribution in [3.8, 4) is 5.69 Å². The fraction of sp³-hybridized carbons (Fsp3) is 0.375. The summed E-state index contributed by atoms with van der Waals surface area (Å²) >= 11 is 0. The highest BCUT2D eigenvalue weighted by atomic mass is 16.5. The maximum Gasteiger partial charge on any atom is 0.309 e. The van der Waals surface area contributed by atoms with Gasteiger partial charge in [0.25, 0.3) is 0 Å². The zero-order chi connectivity index (χ0) is 19.5. The zero-order valence-corrected chi connectivity index (χ0v) is 16.7. The number of para-hydroxylation sites is 1. The number of esters is 1. The zero-order valence-electron chi connectivity index (χ0n) is 16.7. The van der Waals surface area contributed by atoms with Crippen LogP contribution in [0.5, 0.6) is 0 Å². The van der Waals surface area contributed by atoms with Crippen LogP contribution in [-0.4, -0.2) is 35.1 Å². The number of carbonyl (C=O) groups excluding carboxylic acids is 1. The number of aromatic nitrogens is 1. The van der Waals surface area contributed by atoms with E-state index in [1.54, 1.807) is 0 Å². The van der Waals surface area contributed by atoms with Gasteiger partial charge in [-0.3, -0.25) is 9.69 Å². The largest absolute Gasteiger partial charge is 0.466 e. The Morgan fingerprint density at radius 3 is 2.61 bits per heavy atom. The summed E-state index contributed by atoms with van der Waals surface area (Å²) in [5.41, 5.74) is 5.00. The Morgan fingerprint density at radius 2 is 1.86 bits per heavy atom. The first kappa shape index (κ1) is 18.8. The Kier molecular flexibility index (Phi) is 5.49.